The van der Waals surface area contributed by atoms with Crippen molar-refractivity contribution in [3.05, 3.63) is 18.3 Å². The molecule has 0 spiro atoms. The highest BCUT2D eigenvalue weighted by Gasteiger charge is 2.14. The molecule has 18 heavy (non-hydrogen) atoms. The first-order chi connectivity index (χ1) is 8.55. The molecule has 0 bridgehead atoms. The third-order valence-electron chi connectivity index (χ3n) is 2.46. The number of morpholine rings is 1. The van der Waals surface area contributed by atoms with Gasteiger partial charge in [-0.2, -0.15) is 0 Å². The summed E-state index contributed by atoms with van der Waals surface area (Å²) in [7, 11) is -3.71. The molecule has 0 amide bonds. The molecule has 100 valence electrons. The van der Waals surface area contributed by atoms with E-state index in [4.69, 9.17) is 14.6 Å². The van der Waals surface area contributed by atoms with Crippen LogP contribution in [0, 0.1) is 0 Å². The van der Waals surface area contributed by atoms with Crippen LogP contribution in [0.2, 0.25) is 0 Å². The Morgan fingerprint density at radius 1 is 1.56 bits per heavy atom. The molecule has 1 fully saturated rings. The minimum atomic E-state index is -3.71. The van der Waals surface area contributed by atoms with Gasteiger partial charge >= 0.3 is 0 Å². The molecule has 1 unspecified atom stereocenters. The standard InChI is InChI=1S/C10H15N3O4S/c11-18(14,15)9-1-2-10(13-6-9)17-7-8-5-12-3-4-16-8/h1-2,6,8,12H,3-5,7H2,(H2,11,14,15). The van der Waals surface area contributed by atoms with Gasteiger partial charge in [0.25, 0.3) is 0 Å². The lowest BCUT2D eigenvalue weighted by Crippen LogP contribution is -2.41. The van der Waals surface area contributed by atoms with Crippen LogP contribution in [-0.4, -0.2) is 45.8 Å². The van der Waals surface area contributed by atoms with Gasteiger partial charge in [0.05, 0.1) is 12.8 Å². The van der Waals surface area contributed by atoms with Crippen molar-refractivity contribution in [2.24, 2.45) is 5.14 Å². The molecule has 8 heteroatoms. The van der Waals surface area contributed by atoms with E-state index in [0.717, 1.165) is 13.1 Å². The minimum Gasteiger partial charge on any atom is -0.475 e. The highest BCUT2D eigenvalue weighted by atomic mass is 32.2. The second-order valence-corrected chi connectivity index (χ2v) is 5.45. The topological polar surface area (TPSA) is 104 Å². The SMILES string of the molecule is NS(=O)(=O)c1ccc(OCC2CNCCO2)nc1. The van der Waals surface area contributed by atoms with Crippen molar-refractivity contribution in [3.63, 3.8) is 0 Å². The van der Waals surface area contributed by atoms with E-state index >= 15 is 0 Å². The first-order valence-electron chi connectivity index (χ1n) is 5.50. The molecule has 2 rings (SSSR count). The minimum absolute atomic E-state index is 0.0153. The maximum Gasteiger partial charge on any atom is 0.239 e. The number of hydrogen-bond donors (Lipinski definition) is 2. The number of rotatable bonds is 4. The lowest BCUT2D eigenvalue weighted by Gasteiger charge is -2.23. The van der Waals surface area contributed by atoms with Gasteiger partial charge in [-0.05, 0) is 6.07 Å². The average molecular weight is 273 g/mol. The van der Waals surface area contributed by atoms with Crippen LogP contribution in [0.4, 0.5) is 0 Å². The molecule has 1 saturated heterocycles. The highest BCUT2D eigenvalue weighted by Crippen LogP contribution is 2.11. The third-order valence-corrected chi connectivity index (χ3v) is 3.36. The van der Waals surface area contributed by atoms with Crippen molar-refractivity contribution in [2.45, 2.75) is 11.0 Å². The number of nitrogens with zero attached hydrogens (tertiary/aromatic N) is 1. The zero-order valence-electron chi connectivity index (χ0n) is 9.70. The van der Waals surface area contributed by atoms with Crippen molar-refractivity contribution in [1.82, 2.24) is 10.3 Å². The molecule has 3 N–H and O–H groups in total. The first kappa shape index (κ1) is 13.2. The van der Waals surface area contributed by atoms with E-state index < -0.39 is 10.0 Å². The summed E-state index contributed by atoms with van der Waals surface area (Å²) in [5.41, 5.74) is 0. The Hall–Kier alpha value is -1.22. The smallest absolute Gasteiger partial charge is 0.239 e. The van der Waals surface area contributed by atoms with Crippen LogP contribution >= 0.6 is 0 Å². The Morgan fingerprint density at radius 3 is 2.94 bits per heavy atom. The predicted octanol–water partition coefficient (Wildman–Crippen LogP) is -0.904. The molecule has 0 saturated carbocycles. The van der Waals surface area contributed by atoms with Crippen LogP contribution in [0.25, 0.3) is 0 Å². The Balaban J connectivity index is 1.90. The summed E-state index contributed by atoms with van der Waals surface area (Å²) in [5, 5.41) is 8.14. The maximum absolute atomic E-state index is 11.0. The van der Waals surface area contributed by atoms with Crippen molar-refractivity contribution in [2.75, 3.05) is 26.3 Å². The molecular formula is C10H15N3O4S. The zero-order chi connectivity index (χ0) is 13.0. The van der Waals surface area contributed by atoms with Crippen molar-refractivity contribution < 1.29 is 17.9 Å². The van der Waals surface area contributed by atoms with E-state index in [9.17, 15) is 8.42 Å². The Labute approximate surface area is 105 Å². The Morgan fingerprint density at radius 2 is 2.39 bits per heavy atom. The summed E-state index contributed by atoms with van der Waals surface area (Å²) in [6.45, 7) is 2.60. The van der Waals surface area contributed by atoms with Crippen molar-refractivity contribution >= 4 is 10.0 Å². The molecule has 1 aromatic rings. The predicted molar refractivity (Wildman–Crippen MR) is 63.7 cm³/mol. The van der Waals surface area contributed by atoms with E-state index in [1.165, 1.54) is 18.3 Å². The van der Waals surface area contributed by atoms with Gasteiger partial charge in [-0.3, -0.25) is 0 Å². The second kappa shape index (κ2) is 5.61. The number of aromatic nitrogens is 1. The summed E-state index contributed by atoms with van der Waals surface area (Å²) in [5.74, 6) is 0.344. The van der Waals surface area contributed by atoms with E-state index in [0.29, 0.717) is 19.1 Å². The monoisotopic (exact) mass is 273 g/mol. The summed E-state index contributed by atoms with van der Waals surface area (Å²) in [4.78, 5) is 3.84. The quantitative estimate of drug-likeness (QED) is 0.736. The molecule has 1 aliphatic rings. The van der Waals surface area contributed by atoms with Gasteiger partial charge in [0.2, 0.25) is 15.9 Å². The van der Waals surface area contributed by atoms with Crippen LogP contribution in [0.15, 0.2) is 23.2 Å². The summed E-state index contributed by atoms with van der Waals surface area (Å²) < 4.78 is 32.9. The fourth-order valence-electron chi connectivity index (χ4n) is 1.53. The molecule has 1 atom stereocenters. The van der Waals surface area contributed by atoms with E-state index in [1.54, 1.807) is 0 Å². The van der Waals surface area contributed by atoms with Crippen LogP contribution in [0.1, 0.15) is 0 Å². The molecular weight excluding hydrogens is 258 g/mol. The third kappa shape index (κ3) is 3.64. The Kier molecular flexibility index (Phi) is 4.12. The lowest BCUT2D eigenvalue weighted by atomic mass is 10.3. The molecule has 0 aromatic carbocycles. The molecule has 0 radical (unpaired) electrons. The van der Waals surface area contributed by atoms with E-state index in [1.807, 2.05) is 0 Å². The normalized spacial score (nSPS) is 20.6. The molecule has 2 heterocycles. The fraction of sp³-hybridized carbons (Fsp3) is 0.500. The maximum atomic E-state index is 11.0. The van der Waals surface area contributed by atoms with Gasteiger partial charge in [-0.25, -0.2) is 18.5 Å². The molecule has 1 aliphatic heterocycles. The van der Waals surface area contributed by atoms with Gasteiger partial charge in [0.15, 0.2) is 0 Å². The lowest BCUT2D eigenvalue weighted by molar-refractivity contribution is -0.000759. The van der Waals surface area contributed by atoms with E-state index in [2.05, 4.69) is 10.3 Å². The number of primary sulfonamides is 1. The van der Waals surface area contributed by atoms with Crippen molar-refractivity contribution in [3.8, 4) is 5.88 Å². The Bertz CT molecular complexity index is 482. The van der Waals surface area contributed by atoms with Gasteiger partial charge in [-0.1, -0.05) is 0 Å². The first-order valence-corrected chi connectivity index (χ1v) is 7.04. The number of hydrogen-bond acceptors (Lipinski definition) is 6. The van der Waals surface area contributed by atoms with Gasteiger partial charge in [-0.15, -0.1) is 0 Å². The zero-order valence-corrected chi connectivity index (χ0v) is 10.5. The van der Waals surface area contributed by atoms with Crippen LogP contribution in [-0.2, 0) is 14.8 Å². The molecule has 0 aliphatic carbocycles. The van der Waals surface area contributed by atoms with Gasteiger partial charge in [0, 0.05) is 19.2 Å². The number of nitrogens with one attached hydrogen (secondary N) is 1. The summed E-state index contributed by atoms with van der Waals surface area (Å²) >= 11 is 0. The van der Waals surface area contributed by atoms with Crippen molar-refractivity contribution in [1.29, 1.82) is 0 Å². The van der Waals surface area contributed by atoms with Crippen LogP contribution in [0.3, 0.4) is 0 Å². The number of nitrogens with two attached hydrogens (primary N) is 1. The largest absolute Gasteiger partial charge is 0.475 e. The summed E-state index contributed by atoms with van der Waals surface area (Å²) in [6, 6.07) is 2.83. The number of pyridine rings is 1. The summed E-state index contributed by atoms with van der Waals surface area (Å²) in [6.07, 6.45) is 1.16. The second-order valence-electron chi connectivity index (χ2n) is 3.89. The van der Waals surface area contributed by atoms with Gasteiger partial charge < -0.3 is 14.8 Å². The molecule has 1 aromatic heterocycles. The average Bonchev–Trinajstić information content (AvgIpc) is 2.37. The molecule has 7 nitrogen and oxygen atoms in total. The van der Waals surface area contributed by atoms with Gasteiger partial charge in [0.1, 0.15) is 17.6 Å². The highest BCUT2D eigenvalue weighted by molar-refractivity contribution is 7.89. The number of ether oxygens (including phenoxy) is 2. The van der Waals surface area contributed by atoms with Crippen LogP contribution in [0.5, 0.6) is 5.88 Å². The van der Waals surface area contributed by atoms with E-state index in [-0.39, 0.29) is 11.0 Å². The van der Waals surface area contributed by atoms with Crippen LogP contribution < -0.4 is 15.2 Å². The number of sulfonamides is 1. The fourth-order valence-corrected chi connectivity index (χ4v) is 1.98.